The Morgan fingerprint density at radius 1 is 1.47 bits per heavy atom. The van der Waals surface area contributed by atoms with Gasteiger partial charge in [0.05, 0.1) is 0 Å². The molecule has 0 radical (unpaired) electrons. The Balaban J connectivity index is 0.000000686. The van der Waals surface area contributed by atoms with Gasteiger partial charge in [-0.05, 0) is 11.9 Å². The molecule has 0 saturated heterocycles. The Labute approximate surface area is 100 Å². The summed E-state index contributed by atoms with van der Waals surface area (Å²) in [7, 11) is 2.01. The van der Waals surface area contributed by atoms with Gasteiger partial charge in [-0.1, -0.05) is 20.8 Å². The maximum atomic E-state index is 12.0. The number of aromatic nitrogens is 2. The summed E-state index contributed by atoms with van der Waals surface area (Å²) in [5.74, 6) is 0.0904. The Morgan fingerprint density at radius 2 is 2.12 bits per heavy atom. The largest absolute Gasteiger partial charge is 0.310 e. The van der Waals surface area contributed by atoms with Gasteiger partial charge in [0.1, 0.15) is 0 Å². The van der Waals surface area contributed by atoms with Crippen molar-refractivity contribution in [2.75, 3.05) is 20.1 Å². The molecule has 1 aromatic heterocycles. The highest BCUT2D eigenvalue weighted by molar-refractivity contribution is 5.23. The zero-order chi connectivity index (χ0) is 13.0. The smallest absolute Gasteiger partial charge is 0.305 e. The van der Waals surface area contributed by atoms with Crippen LogP contribution in [0, 0.1) is 0 Å². The van der Waals surface area contributed by atoms with Crippen molar-refractivity contribution in [2.45, 2.75) is 33.1 Å². The first kappa shape index (κ1) is 13.8. The highest BCUT2D eigenvalue weighted by Crippen LogP contribution is 2.19. The maximum Gasteiger partial charge on any atom is 0.310 e. The van der Waals surface area contributed by atoms with Crippen LogP contribution in [0.3, 0.4) is 0 Å². The third-order valence-electron chi connectivity index (χ3n) is 2.87. The molecule has 5 nitrogen and oxygen atoms in total. The van der Waals surface area contributed by atoms with E-state index >= 15 is 0 Å². The Kier molecular flexibility index (Phi) is 4.74. The fourth-order valence-electron chi connectivity index (χ4n) is 2.17. The molecule has 0 aromatic carbocycles. The van der Waals surface area contributed by atoms with Crippen molar-refractivity contribution in [2.24, 2.45) is 0 Å². The second-order valence-corrected chi connectivity index (χ2v) is 4.09. The summed E-state index contributed by atoms with van der Waals surface area (Å²) in [6, 6.07) is 0. The van der Waals surface area contributed by atoms with E-state index in [2.05, 4.69) is 15.0 Å². The molecule has 0 amide bonds. The first-order valence-corrected chi connectivity index (χ1v) is 5.95. The molecule has 6 heteroatoms. The third-order valence-corrected chi connectivity index (χ3v) is 2.87. The summed E-state index contributed by atoms with van der Waals surface area (Å²) in [5.41, 5.74) is 0.988. The first-order valence-electron chi connectivity index (χ1n) is 5.95. The van der Waals surface area contributed by atoms with Gasteiger partial charge >= 0.3 is 5.56 Å². The number of H-pyrrole nitrogens is 1. The summed E-state index contributed by atoms with van der Waals surface area (Å²) >= 11 is 0. The minimum absolute atomic E-state index is 0.0904. The maximum absolute atomic E-state index is 12.0. The molecule has 0 saturated carbocycles. The van der Waals surface area contributed by atoms with Crippen molar-refractivity contribution in [3.05, 3.63) is 21.6 Å². The lowest BCUT2D eigenvalue weighted by Gasteiger charge is -2.15. The number of aromatic amines is 1. The molecular weight excluding hydrogens is 225 g/mol. The molecule has 98 valence electrons. The lowest BCUT2D eigenvalue weighted by Crippen LogP contribution is -2.27. The van der Waals surface area contributed by atoms with E-state index in [-0.39, 0.29) is 5.92 Å². The van der Waals surface area contributed by atoms with Gasteiger partial charge in [0.2, 0.25) is 0 Å². The zero-order valence-corrected chi connectivity index (χ0v) is 10.8. The quantitative estimate of drug-likeness (QED) is 0.806. The molecule has 1 aromatic rings. The summed E-state index contributed by atoms with van der Waals surface area (Å²) in [4.78, 5) is 14.4. The van der Waals surface area contributed by atoms with E-state index in [1.165, 1.54) is 0 Å². The molecule has 2 rings (SSSR count). The van der Waals surface area contributed by atoms with Gasteiger partial charge in [0.15, 0.2) is 0 Å². The van der Waals surface area contributed by atoms with E-state index in [1.54, 1.807) is 0 Å². The van der Waals surface area contributed by atoms with E-state index in [0.717, 1.165) is 18.8 Å². The number of fused-ring (bicyclic) bond motifs is 1. The van der Waals surface area contributed by atoms with Crippen molar-refractivity contribution < 1.29 is 9.57 Å². The average molecular weight is 245 g/mol. The van der Waals surface area contributed by atoms with Crippen LogP contribution >= 0.6 is 0 Å². The van der Waals surface area contributed by atoms with E-state index < -0.39 is 5.56 Å². The van der Waals surface area contributed by atoms with Crippen molar-refractivity contribution in [3.63, 3.8) is 0 Å². The third kappa shape index (κ3) is 2.69. The number of nitrogens with one attached hydrogen (secondary N) is 1. The van der Waals surface area contributed by atoms with Gasteiger partial charge < -0.3 is 4.90 Å². The second kappa shape index (κ2) is 5.86. The Morgan fingerprint density at radius 3 is 2.71 bits per heavy atom. The molecule has 1 unspecified atom stereocenters. The Hall–Kier alpha value is -1.30. The van der Waals surface area contributed by atoms with Crippen molar-refractivity contribution >= 4 is 0 Å². The molecule has 0 bridgehead atoms. The summed E-state index contributed by atoms with van der Waals surface area (Å²) in [5, 5.41) is 6.07. The number of hydrogen-bond acceptors (Lipinski definition) is 3. The molecule has 1 atom stereocenters. The van der Waals surface area contributed by atoms with Crippen LogP contribution in [-0.2, 0) is 6.42 Å². The van der Waals surface area contributed by atoms with Crippen LogP contribution in [0.1, 0.15) is 37.9 Å². The molecule has 2 heterocycles. The van der Waals surface area contributed by atoms with Crippen LogP contribution in [0.2, 0.25) is 0 Å². The van der Waals surface area contributed by atoms with Gasteiger partial charge in [0, 0.05) is 41.2 Å². The normalized spacial score (nSPS) is 19.9. The molecule has 1 N–H and O–H groups in total. The first-order chi connectivity index (χ1) is 8.13. The van der Waals surface area contributed by atoms with Crippen LogP contribution in [0.25, 0.3) is 0 Å². The van der Waals surface area contributed by atoms with Gasteiger partial charge in [-0.15, -0.1) is 0 Å². The second-order valence-electron chi connectivity index (χ2n) is 4.09. The topological polar surface area (TPSA) is 50.3 Å². The minimum Gasteiger partial charge on any atom is -0.305 e. The highest BCUT2D eigenvalue weighted by Gasteiger charge is 2.24. The lowest BCUT2D eigenvalue weighted by molar-refractivity contribution is -0.155. The van der Waals surface area contributed by atoms with Crippen LogP contribution < -0.4 is 10.6 Å². The highest BCUT2D eigenvalue weighted by atomic mass is 19.3. The summed E-state index contributed by atoms with van der Waals surface area (Å²) in [6.07, 6.45) is 0.710. The van der Waals surface area contributed by atoms with Crippen molar-refractivity contribution in [3.8, 4) is 0 Å². The Bertz CT molecular complexity index is 413. The predicted octanol–water partition coefficient (Wildman–Crippen LogP) is 1.11. The molecular formula is C11H20FN3O2. The molecule has 0 fully saturated rings. The van der Waals surface area contributed by atoms with E-state index in [9.17, 15) is 9.32 Å². The predicted molar refractivity (Wildman–Crippen MR) is 63.7 cm³/mol. The van der Waals surface area contributed by atoms with Crippen LogP contribution in [0.5, 0.6) is 0 Å². The lowest BCUT2D eigenvalue weighted by atomic mass is 10.0. The molecule has 17 heavy (non-hydrogen) atoms. The van der Waals surface area contributed by atoms with Crippen LogP contribution in [0.15, 0.2) is 4.79 Å². The standard InChI is InChI=1S/C9H14FN3O2.C2H6/c1-6-5-12(2)4-3-7-8(6)9(14)13(11-7)15-10;1-2/h6,11H,3-5H2,1-2H3;1-2H3. The zero-order valence-electron chi connectivity index (χ0n) is 10.8. The van der Waals surface area contributed by atoms with Crippen molar-refractivity contribution in [1.29, 1.82) is 0 Å². The molecule has 1 aliphatic heterocycles. The average Bonchev–Trinajstić information content (AvgIpc) is 2.57. The van der Waals surface area contributed by atoms with Gasteiger partial charge in [-0.3, -0.25) is 9.89 Å². The SMILES string of the molecule is CC.CC1CN(C)CCc2[nH]n(OF)c(=O)c21. The van der Waals surface area contributed by atoms with Crippen LogP contribution in [0.4, 0.5) is 4.53 Å². The van der Waals surface area contributed by atoms with E-state index in [1.807, 2.05) is 27.8 Å². The van der Waals surface area contributed by atoms with Gasteiger partial charge in [-0.25, -0.2) is 0 Å². The van der Waals surface area contributed by atoms with E-state index in [4.69, 9.17) is 0 Å². The fraction of sp³-hybridized carbons (Fsp3) is 0.727. The van der Waals surface area contributed by atoms with Gasteiger partial charge in [-0.2, -0.15) is 5.04 Å². The van der Waals surface area contributed by atoms with E-state index in [0.29, 0.717) is 16.8 Å². The molecule has 1 aliphatic rings. The number of hydrogen-bond donors (Lipinski definition) is 1. The summed E-state index contributed by atoms with van der Waals surface area (Å²) in [6.45, 7) is 7.61. The van der Waals surface area contributed by atoms with Gasteiger partial charge in [0.25, 0.3) is 0 Å². The van der Waals surface area contributed by atoms with Crippen LogP contribution in [-0.4, -0.2) is 35.0 Å². The number of halogens is 1. The monoisotopic (exact) mass is 245 g/mol. The molecule has 0 spiro atoms. The number of nitrogens with zero attached hydrogens (tertiary/aromatic N) is 2. The number of rotatable bonds is 1. The number of likely N-dealkylation sites (N-methyl/N-ethyl adjacent to an activating group) is 1. The fourth-order valence-corrected chi connectivity index (χ4v) is 2.17. The van der Waals surface area contributed by atoms with Crippen molar-refractivity contribution in [1.82, 2.24) is 14.8 Å². The minimum atomic E-state index is -0.421. The summed E-state index contributed by atoms with van der Waals surface area (Å²) < 4.78 is 12.0. The molecule has 0 aliphatic carbocycles.